The molecule has 5 nitrogen and oxygen atoms in total. The fourth-order valence-corrected chi connectivity index (χ4v) is 3.85. The van der Waals surface area contributed by atoms with Gasteiger partial charge < -0.3 is 5.32 Å². The van der Waals surface area contributed by atoms with Crippen molar-refractivity contribution >= 4 is 15.9 Å². The molecule has 0 spiro atoms. The van der Waals surface area contributed by atoms with Crippen LogP contribution in [-0.4, -0.2) is 38.8 Å². The van der Waals surface area contributed by atoms with Crippen molar-refractivity contribution < 1.29 is 13.2 Å². The molecule has 1 amide bonds. The Balaban J connectivity index is 2.99. The van der Waals surface area contributed by atoms with Gasteiger partial charge in [0, 0.05) is 25.7 Å². The molecule has 0 aliphatic carbocycles. The molecule has 6 heteroatoms. The highest BCUT2D eigenvalue weighted by atomic mass is 32.2. The van der Waals surface area contributed by atoms with Gasteiger partial charge in [0.05, 0.1) is 4.90 Å². The summed E-state index contributed by atoms with van der Waals surface area (Å²) in [6.07, 6.45) is 3.11. The first-order valence-electron chi connectivity index (χ1n) is 8.81. The zero-order valence-electron chi connectivity index (χ0n) is 16.5. The van der Waals surface area contributed by atoms with E-state index in [1.165, 1.54) is 24.5 Å². The van der Waals surface area contributed by atoms with Crippen molar-refractivity contribution in [3.8, 4) is 0 Å². The van der Waals surface area contributed by atoms with Crippen molar-refractivity contribution in [3.63, 3.8) is 0 Å². The van der Waals surface area contributed by atoms with Gasteiger partial charge in [-0.3, -0.25) is 4.79 Å². The molecule has 0 heterocycles. The van der Waals surface area contributed by atoms with Crippen LogP contribution in [-0.2, 0) is 10.0 Å². The minimum Gasteiger partial charge on any atom is -0.350 e. The third kappa shape index (κ3) is 5.82. The maximum atomic E-state index is 12.5. The van der Waals surface area contributed by atoms with Gasteiger partial charge in [-0.15, -0.1) is 0 Å². The SMILES string of the molecule is Cc1cc(C(=O)NC(C)CCCC(C)C)cc(S(=O)(=O)N(C)C)c1C. The van der Waals surface area contributed by atoms with Gasteiger partial charge in [0.2, 0.25) is 10.0 Å². The van der Waals surface area contributed by atoms with Crippen molar-refractivity contribution in [2.75, 3.05) is 14.1 Å². The molecule has 1 rings (SSSR count). The summed E-state index contributed by atoms with van der Waals surface area (Å²) in [7, 11) is -0.598. The Kier molecular flexibility index (Phi) is 7.62. The third-order valence-corrected chi connectivity index (χ3v) is 6.38. The number of carbonyl (C=O) groups excluding carboxylic acids is 1. The summed E-state index contributed by atoms with van der Waals surface area (Å²) < 4.78 is 26.2. The summed E-state index contributed by atoms with van der Waals surface area (Å²) >= 11 is 0. The zero-order valence-corrected chi connectivity index (χ0v) is 17.3. The van der Waals surface area contributed by atoms with Crippen LogP contribution in [0.2, 0.25) is 0 Å². The number of nitrogens with one attached hydrogen (secondary N) is 1. The number of hydrogen-bond acceptors (Lipinski definition) is 3. The summed E-state index contributed by atoms with van der Waals surface area (Å²) in [5.74, 6) is 0.428. The molecule has 0 aliphatic rings. The summed E-state index contributed by atoms with van der Waals surface area (Å²) in [6, 6.07) is 3.29. The molecule has 0 aliphatic heterocycles. The lowest BCUT2D eigenvalue weighted by Crippen LogP contribution is -2.33. The van der Waals surface area contributed by atoms with Gasteiger partial charge in [-0.2, -0.15) is 0 Å². The fraction of sp³-hybridized carbons (Fsp3) is 0.632. The van der Waals surface area contributed by atoms with Crippen molar-refractivity contribution in [2.24, 2.45) is 5.92 Å². The van der Waals surface area contributed by atoms with E-state index in [-0.39, 0.29) is 16.8 Å². The van der Waals surface area contributed by atoms with E-state index >= 15 is 0 Å². The highest BCUT2D eigenvalue weighted by molar-refractivity contribution is 7.89. The molecule has 0 radical (unpaired) electrons. The number of rotatable bonds is 8. The molecule has 0 bridgehead atoms. The van der Waals surface area contributed by atoms with Crippen LogP contribution in [0, 0.1) is 19.8 Å². The van der Waals surface area contributed by atoms with Crippen LogP contribution >= 0.6 is 0 Å². The van der Waals surface area contributed by atoms with Crippen LogP contribution in [0.4, 0.5) is 0 Å². The lowest BCUT2D eigenvalue weighted by atomic mass is 10.0. The van der Waals surface area contributed by atoms with Crippen molar-refractivity contribution in [1.29, 1.82) is 0 Å². The Bertz CT molecular complexity index is 710. The lowest BCUT2D eigenvalue weighted by Gasteiger charge is -2.18. The van der Waals surface area contributed by atoms with Gasteiger partial charge in [0.1, 0.15) is 0 Å². The maximum absolute atomic E-state index is 12.5. The number of aryl methyl sites for hydroxylation is 1. The van der Waals surface area contributed by atoms with E-state index in [0.29, 0.717) is 17.0 Å². The highest BCUT2D eigenvalue weighted by Crippen LogP contribution is 2.23. The highest BCUT2D eigenvalue weighted by Gasteiger charge is 2.23. The second kappa shape index (κ2) is 8.81. The first-order chi connectivity index (χ1) is 11.5. The largest absolute Gasteiger partial charge is 0.350 e. The summed E-state index contributed by atoms with van der Waals surface area (Å²) in [5.41, 5.74) is 1.86. The molecular formula is C19H32N2O3S. The molecule has 142 valence electrons. The van der Waals surface area contributed by atoms with E-state index in [4.69, 9.17) is 0 Å². The average molecular weight is 369 g/mol. The van der Waals surface area contributed by atoms with Crippen LogP contribution in [0.3, 0.4) is 0 Å². The third-order valence-electron chi connectivity index (χ3n) is 4.44. The van der Waals surface area contributed by atoms with E-state index < -0.39 is 10.0 Å². The van der Waals surface area contributed by atoms with Crippen molar-refractivity contribution in [1.82, 2.24) is 9.62 Å². The molecule has 1 aromatic carbocycles. The van der Waals surface area contributed by atoms with Crippen LogP contribution in [0.1, 0.15) is 61.5 Å². The second-order valence-electron chi connectivity index (χ2n) is 7.40. The first kappa shape index (κ1) is 21.6. The topological polar surface area (TPSA) is 66.5 Å². The molecular weight excluding hydrogens is 336 g/mol. The van der Waals surface area contributed by atoms with Gasteiger partial charge in [-0.25, -0.2) is 12.7 Å². The van der Waals surface area contributed by atoms with Crippen LogP contribution < -0.4 is 5.32 Å². The second-order valence-corrected chi connectivity index (χ2v) is 9.52. The maximum Gasteiger partial charge on any atom is 0.251 e. The summed E-state index contributed by atoms with van der Waals surface area (Å²) in [5, 5.41) is 2.98. The van der Waals surface area contributed by atoms with Gasteiger partial charge in [-0.1, -0.05) is 26.7 Å². The normalized spacial score (nSPS) is 13.3. The minimum atomic E-state index is -3.58. The molecule has 1 unspecified atom stereocenters. The van der Waals surface area contributed by atoms with Crippen LogP contribution in [0.5, 0.6) is 0 Å². The van der Waals surface area contributed by atoms with E-state index in [2.05, 4.69) is 19.2 Å². The van der Waals surface area contributed by atoms with E-state index in [1.807, 2.05) is 13.8 Å². The molecule has 0 saturated heterocycles. The van der Waals surface area contributed by atoms with Gasteiger partial charge in [0.25, 0.3) is 5.91 Å². The number of sulfonamides is 1. The number of nitrogens with zero attached hydrogens (tertiary/aromatic N) is 1. The summed E-state index contributed by atoms with van der Waals surface area (Å²) in [4.78, 5) is 12.7. The Morgan fingerprint density at radius 1 is 1.12 bits per heavy atom. The van der Waals surface area contributed by atoms with Gasteiger partial charge in [0.15, 0.2) is 0 Å². The monoisotopic (exact) mass is 368 g/mol. The quantitative estimate of drug-likeness (QED) is 0.764. The molecule has 1 aromatic rings. The Morgan fingerprint density at radius 3 is 2.24 bits per heavy atom. The predicted molar refractivity (Wildman–Crippen MR) is 102 cm³/mol. The molecule has 1 N–H and O–H groups in total. The van der Waals surface area contributed by atoms with E-state index in [1.54, 1.807) is 13.0 Å². The van der Waals surface area contributed by atoms with E-state index in [0.717, 1.165) is 24.8 Å². The lowest BCUT2D eigenvalue weighted by molar-refractivity contribution is 0.0937. The number of carbonyl (C=O) groups is 1. The zero-order chi connectivity index (χ0) is 19.4. The standard InChI is InChI=1S/C19H32N2O3S/c1-13(2)9-8-10-15(4)20-19(22)17-11-14(3)16(5)18(12-17)25(23,24)21(6)7/h11-13,15H,8-10H2,1-7H3,(H,20,22). The van der Waals surface area contributed by atoms with Gasteiger partial charge >= 0.3 is 0 Å². The Morgan fingerprint density at radius 2 is 1.72 bits per heavy atom. The smallest absolute Gasteiger partial charge is 0.251 e. The average Bonchev–Trinajstić information content (AvgIpc) is 2.48. The summed E-state index contributed by atoms with van der Waals surface area (Å²) in [6.45, 7) is 9.95. The van der Waals surface area contributed by atoms with E-state index in [9.17, 15) is 13.2 Å². The van der Waals surface area contributed by atoms with Gasteiger partial charge in [-0.05, 0) is 56.4 Å². The van der Waals surface area contributed by atoms with Crippen LogP contribution in [0.25, 0.3) is 0 Å². The minimum absolute atomic E-state index is 0.0572. The van der Waals surface area contributed by atoms with Crippen molar-refractivity contribution in [2.45, 2.75) is 64.8 Å². The molecule has 0 saturated carbocycles. The van der Waals surface area contributed by atoms with Crippen molar-refractivity contribution in [3.05, 3.63) is 28.8 Å². The number of benzene rings is 1. The molecule has 1 atom stereocenters. The Hall–Kier alpha value is -1.40. The fourth-order valence-electron chi connectivity index (χ4n) is 2.63. The predicted octanol–water partition coefficient (Wildman–Crippen LogP) is 3.50. The number of amides is 1. The molecule has 0 fully saturated rings. The van der Waals surface area contributed by atoms with Crippen LogP contribution in [0.15, 0.2) is 17.0 Å². The Labute approximate surface area is 152 Å². The molecule has 0 aromatic heterocycles. The molecule has 25 heavy (non-hydrogen) atoms. The number of hydrogen-bond donors (Lipinski definition) is 1. The first-order valence-corrected chi connectivity index (χ1v) is 10.3.